The van der Waals surface area contributed by atoms with Crippen molar-refractivity contribution < 1.29 is 13.9 Å². The molecule has 2 aromatic carbocycles. The Labute approximate surface area is 159 Å². The number of esters is 1. The summed E-state index contributed by atoms with van der Waals surface area (Å²) in [6.45, 7) is 1.72. The van der Waals surface area contributed by atoms with Gasteiger partial charge in [0, 0.05) is 12.3 Å². The maximum atomic E-state index is 12.8. The van der Waals surface area contributed by atoms with E-state index in [0.717, 1.165) is 5.56 Å². The van der Waals surface area contributed by atoms with E-state index in [9.17, 15) is 9.59 Å². The van der Waals surface area contributed by atoms with Gasteiger partial charge in [0.15, 0.2) is 12.3 Å². The predicted octanol–water partition coefficient (Wildman–Crippen LogP) is 2.49. The van der Waals surface area contributed by atoms with Gasteiger partial charge in [-0.25, -0.2) is 9.48 Å². The molecule has 0 bridgehead atoms. The minimum atomic E-state index is -0.672. The van der Waals surface area contributed by atoms with E-state index in [1.54, 1.807) is 31.2 Å². The number of benzene rings is 2. The topological polar surface area (TPSA) is 100 Å². The monoisotopic (exact) mass is 376 g/mol. The zero-order valence-corrected chi connectivity index (χ0v) is 15.0. The van der Waals surface area contributed by atoms with Gasteiger partial charge in [-0.05, 0) is 11.6 Å². The molecule has 4 rings (SSSR count). The second-order valence-electron chi connectivity index (χ2n) is 6.13. The van der Waals surface area contributed by atoms with Gasteiger partial charge in [-0.3, -0.25) is 4.79 Å². The molecular weight excluding hydrogens is 360 g/mol. The van der Waals surface area contributed by atoms with Crippen molar-refractivity contribution in [1.82, 2.24) is 20.0 Å². The molecular formula is C20H16N4O4. The van der Waals surface area contributed by atoms with Crippen LogP contribution in [0, 0.1) is 6.92 Å². The van der Waals surface area contributed by atoms with Crippen LogP contribution in [0.4, 0.5) is 0 Å². The first-order valence-electron chi connectivity index (χ1n) is 8.62. The molecule has 28 heavy (non-hydrogen) atoms. The molecule has 0 aliphatic heterocycles. The van der Waals surface area contributed by atoms with Crippen LogP contribution in [0.3, 0.4) is 0 Å². The lowest BCUT2D eigenvalue weighted by atomic mass is 10.1. The van der Waals surface area contributed by atoms with Gasteiger partial charge < -0.3 is 9.15 Å². The average molecular weight is 376 g/mol. The van der Waals surface area contributed by atoms with Crippen LogP contribution in [-0.4, -0.2) is 25.9 Å². The largest absolute Gasteiger partial charge is 0.451 e. The van der Waals surface area contributed by atoms with Crippen molar-refractivity contribution in [3.8, 4) is 0 Å². The molecule has 0 fully saturated rings. The Bertz CT molecular complexity index is 1200. The van der Waals surface area contributed by atoms with Crippen molar-refractivity contribution in [2.45, 2.75) is 20.1 Å². The van der Waals surface area contributed by atoms with Gasteiger partial charge in [0.25, 0.3) is 11.4 Å². The summed E-state index contributed by atoms with van der Waals surface area (Å²) in [6.07, 6.45) is 0. The Balaban J connectivity index is 1.70. The number of hydrogen-bond acceptors (Lipinski definition) is 7. The van der Waals surface area contributed by atoms with Crippen LogP contribution in [-0.2, 0) is 17.9 Å². The van der Waals surface area contributed by atoms with E-state index in [1.807, 2.05) is 30.3 Å². The Kier molecular flexibility index (Phi) is 4.67. The predicted molar refractivity (Wildman–Crippen MR) is 99.7 cm³/mol. The summed E-state index contributed by atoms with van der Waals surface area (Å²) < 4.78 is 11.7. The summed E-state index contributed by atoms with van der Waals surface area (Å²) in [7, 11) is 0. The fourth-order valence-corrected chi connectivity index (χ4v) is 2.84. The molecule has 0 amide bonds. The standard InChI is InChI=1S/C20H16N4O4/c1-13-21-22-17(28-13)12-27-20(26)18-15-9-5-6-10-16(15)19(25)24(23-18)11-14-7-3-2-4-8-14/h2-10H,11-12H2,1H3. The van der Waals surface area contributed by atoms with E-state index < -0.39 is 5.97 Å². The minimum absolute atomic E-state index is 0.0577. The number of ether oxygens (including phenoxy) is 1. The number of rotatable bonds is 5. The molecule has 140 valence electrons. The SMILES string of the molecule is Cc1nnc(COC(=O)c2nn(Cc3ccccc3)c(=O)c3ccccc23)o1. The normalized spacial score (nSPS) is 10.9. The van der Waals surface area contributed by atoms with Crippen LogP contribution < -0.4 is 5.56 Å². The Morgan fingerprint density at radius 2 is 1.75 bits per heavy atom. The number of aryl methyl sites for hydroxylation is 1. The van der Waals surface area contributed by atoms with Crippen molar-refractivity contribution in [3.05, 3.63) is 88.0 Å². The number of hydrogen-bond donors (Lipinski definition) is 0. The number of nitrogens with zero attached hydrogens (tertiary/aromatic N) is 4. The molecule has 2 aromatic heterocycles. The highest BCUT2D eigenvalue weighted by Crippen LogP contribution is 2.15. The summed E-state index contributed by atoms with van der Waals surface area (Å²) in [4.78, 5) is 25.5. The van der Waals surface area contributed by atoms with Crippen LogP contribution in [0.5, 0.6) is 0 Å². The Morgan fingerprint density at radius 3 is 2.46 bits per heavy atom. The van der Waals surface area contributed by atoms with Gasteiger partial charge in [-0.15, -0.1) is 10.2 Å². The van der Waals surface area contributed by atoms with Gasteiger partial charge in [-0.2, -0.15) is 5.10 Å². The van der Waals surface area contributed by atoms with E-state index in [2.05, 4.69) is 15.3 Å². The molecule has 0 unspecified atom stereocenters. The van der Waals surface area contributed by atoms with Crippen LogP contribution in [0.2, 0.25) is 0 Å². The van der Waals surface area contributed by atoms with Crippen LogP contribution in [0.25, 0.3) is 10.8 Å². The summed E-state index contributed by atoms with van der Waals surface area (Å²) in [5.41, 5.74) is 0.680. The lowest BCUT2D eigenvalue weighted by Gasteiger charge is -2.10. The molecule has 0 saturated carbocycles. The molecule has 0 radical (unpaired) electrons. The number of aromatic nitrogens is 4. The molecule has 8 nitrogen and oxygen atoms in total. The van der Waals surface area contributed by atoms with E-state index in [0.29, 0.717) is 16.7 Å². The Hall–Kier alpha value is -3.81. The van der Waals surface area contributed by atoms with Crippen molar-refractivity contribution in [2.24, 2.45) is 0 Å². The quantitative estimate of drug-likeness (QED) is 0.493. The molecule has 4 aromatic rings. The molecule has 0 atom stereocenters. The van der Waals surface area contributed by atoms with Gasteiger partial charge in [0.05, 0.1) is 11.9 Å². The van der Waals surface area contributed by atoms with Gasteiger partial charge in [0.1, 0.15) is 0 Å². The number of carbonyl (C=O) groups is 1. The van der Waals surface area contributed by atoms with Crippen molar-refractivity contribution in [3.63, 3.8) is 0 Å². The molecule has 2 heterocycles. The summed E-state index contributed by atoms with van der Waals surface area (Å²) in [6, 6.07) is 16.2. The molecule has 0 aliphatic carbocycles. The third-order valence-electron chi connectivity index (χ3n) is 4.13. The van der Waals surface area contributed by atoms with Crippen molar-refractivity contribution >= 4 is 16.7 Å². The van der Waals surface area contributed by atoms with E-state index >= 15 is 0 Å². The Morgan fingerprint density at radius 1 is 1.04 bits per heavy atom. The highest BCUT2D eigenvalue weighted by atomic mass is 16.5. The maximum absolute atomic E-state index is 12.8. The molecule has 0 spiro atoms. The van der Waals surface area contributed by atoms with Crippen LogP contribution in [0.15, 0.2) is 63.8 Å². The summed E-state index contributed by atoms with van der Waals surface area (Å²) >= 11 is 0. The lowest BCUT2D eigenvalue weighted by Crippen LogP contribution is -2.27. The molecule has 8 heteroatoms. The van der Waals surface area contributed by atoms with Gasteiger partial charge >= 0.3 is 5.97 Å². The minimum Gasteiger partial charge on any atom is -0.451 e. The van der Waals surface area contributed by atoms with E-state index in [-0.39, 0.29) is 30.3 Å². The van der Waals surface area contributed by atoms with Gasteiger partial charge in [0.2, 0.25) is 5.89 Å². The van der Waals surface area contributed by atoms with Crippen molar-refractivity contribution in [1.29, 1.82) is 0 Å². The van der Waals surface area contributed by atoms with Crippen molar-refractivity contribution in [2.75, 3.05) is 0 Å². The zero-order valence-electron chi connectivity index (χ0n) is 15.0. The van der Waals surface area contributed by atoms with Gasteiger partial charge in [-0.1, -0.05) is 48.5 Å². The molecule has 0 N–H and O–H groups in total. The first-order chi connectivity index (χ1) is 13.6. The molecule has 0 saturated heterocycles. The third kappa shape index (κ3) is 3.52. The second kappa shape index (κ2) is 7.43. The smallest absolute Gasteiger partial charge is 0.359 e. The van der Waals surface area contributed by atoms with E-state index in [4.69, 9.17) is 9.15 Å². The third-order valence-corrected chi connectivity index (χ3v) is 4.13. The summed E-state index contributed by atoms with van der Waals surface area (Å²) in [5, 5.41) is 12.6. The fraction of sp³-hybridized carbons (Fsp3) is 0.150. The second-order valence-corrected chi connectivity index (χ2v) is 6.13. The first-order valence-corrected chi connectivity index (χ1v) is 8.62. The lowest BCUT2D eigenvalue weighted by molar-refractivity contribution is 0.0429. The van der Waals surface area contributed by atoms with E-state index in [1.165, 1.54) is 4.68 Å². The average Bonchev–Trinajstić information content (AvgIpc) is 3.14. The highest BCUT2D eigenvalue weighted by Gasteiger charge is 2.19. The van der Waals surface area contributed by atoms with Crippen LogP contribution >= 0.6 is 0 Å². The first kappa shape index (κ1) is 17.6. The number of fused-ring (bicyclic) bond motifs is 1. The zero-order chi connectivity index (χ0) is 19.5. The van der Waals surface area contributed by atoms with Crippen LogP contribution in [0.1, 0.15) is 27.8 Å². The maximum Gasteiger partial charge on any atom is 0.359 e. The number of carbonyl (C=O) groups excluding carboxylic acids is 1. The highest BCUT2D eigenvalue weighted by molar-refractivity contribution is 6.02. The summed E-state index contributed by atoms with van der Waals surface area (Å²) in [5.74, 6) is -0.104. The fourth-order valence-electron chi connectivity index (χ4n) is 2.84. The molecule has 0 aliphatic rings.